The fourth-order valence-corrected chi connectivity index (χ4v) is 2.39. The van der Waals surface area contributed by atoms with Crippen LogP contribution in [-0.2, 0) is 6.42 Å². The third-order valence-electron chi connectivity index (χ3n) is 3.53. The maximum Gasteiger partial charge on any atom is 0.255 e. The molecule has 0 saturated carbocycles. The number of unbranched alkanes of at least 4 members (excludes halogenated alkanes) is 1. The maximum absolute atomic E-state index is 12.4. The molecule has 0 aliphatic heterocycles. The molecule has 122 valence electrons. The fourth-order valence-electron chi connectivity index (χ4n) is 2.18. The van der Waals surface area contributed by atoms with Crippen molar-refractivity contribution in [3.05, 3.63) is 52.7 Å². The van der Waals surface area contributed by atoms with Crippen LogP contribution in [-0.4, -0.2) is 25.0 Å². The van der Waals surface area contributed by atoms with E-state index in [1.165, 1.54) is 18.4 Å². The summed E-state index contributed by atoms with van der Waals surface area (Å²) in [7, 11) is 3.71. The highest BCUT2D eigenvalue weighted by molar-refractivity contribution is 6.30. The second-order valence-corrected chi connectivity index (χ2v) is 6.07. The molecule has 0 spiro atoms. The van der Waals surface area contributed by atoms with Crippen molar-refractivity contribution in [2.75, 3.05) is 24.3 Å². The number of nitrogens with zero attached hydrogens (tertiary/aromatic N) is 2. The lowest BCUT2D eigenvalue weighted by molar-refractivity contribution is 0.102. The van der Waals surface area contributed by atoms with Gasteiger partial charge in [-0.15, -0.1) is 0 Å². The van der Waals surface area contributed by atoms with Crippen LogP contribution in [0, 0.1) is 0 Å². The highest BCUT2D eigenvalue weighted by Gasteiger charge is 2.11. The van der Waals surface area contributed by atoms with E-state index in [9.17, 15) is 4.79 Å². The van der Waals surface area contributed by atoms with Crippen LogP contribution in [0.3, 0.4) is 0 Å². The van der Waals surface area contributed by atoms with Crippen molar-refractivity contribution in [2.45, 2.75) is 26.2 Å². The predicted octanol–water partition coefficient (Wildman–Crippen LogP) is 4.40. The molecule has 1 amide bonds. The SMILES string of the molecule is CCCCc1ccc(NC(=O)c2cc(Cl)nc(N(C)C)c2)cc1. The molecular weight excluding hydrogens is 310 g/mol. The Morgan fingerprint density at radius 3 is 2.52 bits per heavy atom. The van der Waals surface area contributed by atoms with E-state index in [1.54, 1.807) is 12.1 Å². The number of pyridine rings is 1. The molecule has 0 saturated heterocycles. The van der Waals surface area contributed by atoms with Crippen molar-refractivity contribution >= 4 is 29.0 Å². The van der Waals surface area contributed by atoms with Gasteiger partial charge >= 0.3 is 0 Å². The molecule has 1 aromatic heterocycles. The first-order chi connectivity index (χ1) is 11.0. The lowest BCUT2D eigenvalue weighted by Gasteiger charge is -2.13. The molecule has 0 fully saturated rings. The van der Waals surface area contributed by atoms with Crippen molar-refractivity contribution in [1.82, 2.24) is 4.98 Å². The molecule has 0 aliphatic carbocycles. The normalized spacial score (nSPS) is 10.4. The molecule has 4 nitrogen and oxygen atoms in total. The number of anilines is 2. The minimum absolute atomic E-state index is 0.196. The smallest absolute Gasteiger partial charge is 0.255 e. The number of rotatable bonds is 6. The van der Waals surface area contributed by atoms with Crippen LogP contribution in [0.4, 0.5) is 11.5 Å². The number of carbonyl (C=O) groups excluding carboxylic acids is 1. The van der Waals surface area contributed by atoms with E-state index in [0.717, 1.165) is 12.1 Å². The number of amides is 1. The van der Waals surface area contributed by atoms with Gasteiger partial charge in [-0.05, 0) is 42.7 Å². The quantitative estimate of drug-likeness (QED) is 0.798. The van der Waals surface area contributed by atoms with Crippen LogP contribution in [0.5, 0.6) is 0 Å². The average molecular weight is 332 g/mol. The van der Waals surface area contributed by atoms with Gasteiger partial charge in [0.15, 0.2) is 0 Å². The van der Waals surface area contributed by atoms with E-state index in [2.05, 4.69) is 29.4 Å². The van der Waals surface area contributed by atoms with Gasteiger partial charge in [-0.25, -0.2) is 4.98 Å². The van der Waals surface area contributed by atoms with Crippen molar-refractivity contribution in [3.8, 4) is 0 Å². The summed E-state index contributed by atoms with van der Waals surface area (Å²) >= 11 is 5.99. The van der Waals surface area contributed by atoms with Crippen LogP contribution in [0.2, 0.25) is 5.15 Å². The summed E-state index contributed by atoms with van der Waals surface area (Å²) < 4.78 is 0. The minimum Gasteiger partial charge on any atom is -0.363 e. The van der Waals surface area contributed by atoms with Crippen LogP contribution < -0.4 is 10.2 Å². The van der Waals surface area contributed by atoms with Crippen LogP contribution >= 0.6 is 11.6 Å². The number of carbonyl (C=O) groups is 1. The molecule has 23 heavy (non-hydrogen) atoms. The Kier molecular flexibility index (Phi) is 5.99. The van der Waals surface area contributed by atoms with E-state index in [4.69, 9.17) is 11.6 Å². The highest BCUT2D eigenvalue weighted by Crippen LogP contribution is 2.18. The van der Waals surface area contributed by atoms with E-state index in [-0.39, 0.29) is 5.91 Å². The van der Waals surface area contributed by atoms with Gasteiger partial charge in [-0.3, -0.25) is 4.79 Å². The molecule has 1 heterocycles. The first-order valence-electron chi connectivity index (χ1n) is 7.75. The van der Waals surface area contributed by atoms with E-state index < -0.39 is 0 Å². The molecule has 1 N–H and O–H groups in total. The summed E-state index contributed by atoms with van der Waals surface area (Å²) in [5.74, 6) is 0.455. The third-order valence-corrected chi connectivity index (χ3v) is 3.73. The van der Waals surface area contributed by atoms with Gasteiger partial charge in [-0.1, -0.05) is 37.1 Å². The Morgan fingerprint density at radius 2 is 1.91 bits per heavy atom. The first kappa shape index (κ1) is 17.3. The maximum atomic E-state index is 12.4. The molecule has 0 unspecified atom stereocenters. The Balaban J connectivity index is 2.09. The van der Waals surface area contributed by atoms with E-state index in [1.807, 2.05) is 31.1 Å². The second-order valence-electron chi connectivity index (χ2n) is 5.69. The number of halogens is 1. The summed E-state index contributed by atoms with van der Waals surface area (Å²) in [6.07, 6.45) is 3.42. The highest BCUT2D eigenvalue weighted by atomic mass is 35.5. The Bertz CT molecular complexity index is 668. The van der Waals surface area contributed by atoms with Gasteiger partial charge in [0.2, 0.25) is 0 Å². The average Bonchev–Trinajstić information content (AvgIpc) is 2.53. The Morgan fingerprint density at radius 1 is 1.22 bits per heavy atom. The van der Waals surface area contributed by atoms with Crippen molar-refractivity contribution < 1.29 is 4.79 Å². The minimum atomic E-state index is -0.196. The largest absolute Gasteiger partial charge is 0.363 e. The molecule has 0 aliphatic rings. The second kappa shape index (κ2) is 7.97. The first-order valence-corrected chi connectivity index (χ1v) is 8.12. The zero-order valence-corrected chi connectivity index (χ0v) is 14.5. The van der Waals surface area contributed by atoms with Crippen LogP contribution in [0.25, 0.3) is 0 Å². The molecule has 5 heteroatoms. The van der Waals surface area contributed by atoms with E-state index >= 15 is 0 Å². The van der Waals surface area contributed by atoms with Crippen molar-refractivity contribution in [2.24, 2.45) is 0 Å². The molecule has 0 bridgehead atoms. The van der Waals surface area contributed by atoms with Gasteiger partial charge in [0, 0.05) is 25.3 Å². The predicted molar refractivity (Wildman–Crippen MR) is 96.6 cm³/mol. The lowest BCUT2D eigenvalue weighted by Crippen LogP contribution is -2.15. The number of hydrogen-bond donors (Lipinski definition) is 1. The monoisotopic (exact) mass is 331 g/mol. The van der Waals surface area contributed by atoms with Gasteiger partial charge in [0.1, 0.15) is 11.0 Å². The van der Waals surface area contributed by atoms with Crippen molar-refractivity contribution in [1.29, 1.82) is 0 Å². The third kappa shape index (κ3) is 4.96. The fraction of sp³-hybridized carbons (Fsp3) is 0.333. The standard InChI is InChI=1S/C18H22ClN3O/c1-4-5-6-13-7-9-15(10-8-13)20-18(23)14-11-16(19)21-17(12-14)22(2)3/h7-12H,4-6H2,1-3H3,(H,20,23). The lowest BCUT2D eigenvalue weighted by atomic mass is 10.1. The topological polar surface area (TPSA) is 45.2 Å². The van der Waals surface area contributed by atoms with Gasteiger partial charge in [0.05, 0.1) is 0 Å². The summed E-state index contributed by atoms with van der Waals surface area (Å²) in [5, 5.41) is 3.19. The summed E-state index contributed by atoms with van der Waals surface area (Å²) in [6.45, 7) is 2.18. The number of aromatic nitrogens is 1. The molecule has 0 atom stereocenters. The Labute approximate surface area is 142 Å². The van der Waals surface area contributed by atoms with E-state index in [0.29, 0.717) is 16.5 Å². The van der Waals surface area contributed by atoms with Crippen molar-refractivity contribution in [3.63, 3.8) is 0 Å². The number of aryl methyl sites for hydroxylation is 1. The zero-order chi connectivity index (χ0) is 16.8. The molecule has 0 radical (unpaired) electrons. The molecule has 1 aromatic carbocycles. The van der Waals surface area contributed by atoms with Gasteiger partial charge in [0.25, 0.3) is 5.91 Å². The van der Waals surface area contributed by atoms with Gasteiger partial charge in [-0.2, -0.15) is 0 Å². The number of benzene rings is 1. The Hall–Kier alpha value is -2.07. The van der Waals surface area contributed by atoms with Crippen LogP contribution in [0.15, 0.2) is 36.4 Å². The van der Waals surface area contributed by atoms with Gasteiger partial charge < -0.3 is 10.2 Å². The van der Waals surface area contributed by atoms with Crippen LogP contribution in [0.1, 0.15) is 35.7 Å². The molecule has 2 aromatic rings. The number of hydrogen-bond acceptors (Lipinski definition) is 3. The molecule has 2 rings (SSSR count). The summed E-state index contributed by atoms with van der Waals surface area (Å²) in [4.78, 5) is 18.4. The summed E-state index contributed by atoms with van der Waals surface area (Å²) in [6, 6.07) is 11.2. The molecular formula is C18H22ClN3O. The summed E-state index contributed by atoms with van der Waals surface area (Å²) in [5.41, 5.74) is 2.55. The zero-order valence-electron chi connectivity index (χ0n) is 13.8. The number of nitrogens with one attached hydrogen (secondary N) is 1.